The quantitative estimate of drug-likeness (QED) is 0.129. The molecule has 2 aromatic heterocycles. The first-order valence-corrected chi connectivity index (χ1v) is 12.1. The number of nitrogens with zero attached hydrogens (tertiary/aromatic N) is 4. The zero-order valence-electron chi connectivity index (χ0n) is 21.2. The van der Waals surface area contributed by atoms with Crippen LogP contribution in [-0.4, -0.2) is 36.5 Å². The second kappa shape index (κ2) is 10.7. The number of nitro benzene ring substituents is 3. The summed E-state index contributed by atoms with van der Waals surface area (Å²) in [6.07, 6.45) is 1.47. The molecule has 0 saturated carbocycles. The van der Waals surface area contributed by atoms with Crippen molar-refractivity contribution in [3.63, 3.8) is 0 Å². The minimum atomic E-state index is -0.788. The van der Waals surface area contributed by atoms with Gasteiger partial charge >= 0.3 is 0 Å². The summed E-state index contributed by atoms with van der Waals surface area (Å²) in [6.45, 7) is 0. The molecule has 13 heteroatoms. The molecule has 0 aliphatic carbocycles. The van der Waals surface area contributed by atoms with Gasteiger partial charge in [0.25, 0.3) is 17.1 Å². The van der Waals surface area contributed by atoms with E-state index >= 15 is 0 Å². The number of carbonyl (C=O) groups excluding carboxylic acids is 3. The Bertz CT molecular complexity index is 1840. The van der Waals surface area contributed by atoms with Crippen LogP contribution in [0.25, 0.3) is 5.52 Å². The lowest BCUT2D eigenvalue weighted by molar-refractivity contribution is -0.385. The van der Waals surface area contributed by atoms with Crippen molar-refractivity contribution in [1.82, 2.24) is 4.40 Å². The summed E-state index contributed by atoms with van der Waals surface area (Å²) in [5, 5.41) is 33.4. The predicted octanol–water partition coefficient (Wildman–Crippen LogP) is 5.36. The van der Waals surface area contributed by atoms with E-state index in [1.165, 1.54) is 53.1 Å². The van der Waals surface area contributed by atoms with Crippen LogP contribution in [0.1, 0.15) is 47.9 Å². The van der Waals surface area contributed by atoms with Gasteiger partial charge in [0.15, 0.2) is 11.6 Å². The number of fused-ring (bicyclic) bond motifs is 1. The van der Waals surface area contributed by atoms with Gasteiger partial charge in [0.05, 0.1) is 31.4 Å². The highest BCUT2D eigenvalue weighted by atomic mass is 16.6. The predicted molar refractivity (Wildman–Crippen MR) is 147 cm³/mol. The van der Waals surface area contributed by atoms with Crippen LogP contribution >= 0.6 is 0 Å². The number of non-ortho nitro benzene ring substituents is 3. The summed E-state index contributed by atoms with van der Waals surface area (Å²) in [5.74, 6) is -2.22. The molecule has 5 aromatic rings. The zero-order chi connectivity index (χ0) is 30.1. The van der Waals surface area contributed by atoms with E-state index in [0.29, 0.717) is 0 Å². The molecular formula is C29H16N4O9. The van der Waals surface area contributed by atoms with E-state index in [1.807, 2.05) is 0 Å². The van der Waals surface area contributed by atoms with Gasteiger partial charge in [-0.2, -0.15) is 0 Å². The van der Waals surface area contributed by atoms with Crippen molar-refractivity contribution in [3.05, 3.63) is 161 Å². The third kappa shape index (κ3) is 4.77. The molecule has 0 N–H and O–H groups in total. The maximum Gasteiger partial charge on any atom is 0.269 e. The molecule has 0 spiro atoms. The lowest BCUT2D eigenvalue weighted by Crippen LogP contribution is -2.15. The van der Waals surface area contributed by atoms with Crippen LogP contribution in [0.4, 0.5) is 17.1 Å². The SMILES string of the molecule is O=C(c1ccc([N+](=O)[O-])cc1)c1c(C(=O)c2ccc([N+](=O)[O-])cc2)c2ccccn2c1C(=O)c1ccc([N+](=O)[O-])cc1. The fourth-order valence-corrected chi connectivity index (χ4v) is 4.51. The molecule has 3 aromatic carbocycles. The number of rotatable bonds is 9. The van der Waals surface area contributed by atoms with Crippen molar-refractivity contribution in [2.75, 3.05) is 0 Å². The highest BCUT2D eigenvalue weighted by molar-refractivity contribution is 6.28. The summed E-state index contributed by atoms with van der Waals surface area (Å²) in [7, 11) is 0. The van der Waals surface area contributed by atoms with E-state index < -0.39 is 32.1 Å². The van der Waals surface area contributed by atoms with Gasteiger partial charge in [0, 0.05) is 59.3 Å². The Morgan fingerprint density at radius 3 is 1.29 bits per heavy atom. The molecule has 206 valence electrons. The molecule has 0 aliphatic heterocycles. The Morgan fingerprint density at radius 2 is 0.881 bits per heavy atom. The van der Waals surface area contributed by atoms with Gasteiger partial charge < -0.3 is 4.40 Å². The highest BCUT2D eigenvalue weighted by Gasteiger charge is 2.33. The van der Waals surface area contributed by atoms with Crippen LogP contribution in [0.5, 0.6) is 0 Å². The second-order valence-corrected chi connectivity index (χ2v) is 8.95. The fraction of sp³-hybridized carbons (Fsp3) is 0. The fourth-order valence-electron chi connectivity index (χ4n) is 4.51. The first-order valence-electron chi connectivity index (χ1n) is 12.1. The van der Waals surface area contributed by atoms with Gasteiger partial charge in [-0.15, -0.1) is 0 Å². The number of benzene rings is 3. The molecule has 42 heavy (non-hydrogen) atoms. The standard InChI is InChI=1S/C29H16N4O9/c34-27(17-4-10-20(11-5-17)31(37)38)24-23-3-1-2-16-30(23)26(29(36)19-8-14-22(15-9-19)33(41)42)25(24)28(35)18-6-12-21(13-7-18)32(39)40/h1-16H. The van der Waals surface area contributed by atoms with Gasteiger partial charge in [-0.25, -0.2) is 0 Å². The molecule has 0 aliphatic rings. The van der Waals surface area contributed by atoms with Crippen LogP contribution in [-0.2, 0) is 0 Å². The highest BCUT2D eigenvalue weighted by Crippen LogP contribution is 2.32. The third-order valence-electron chi connectivity index (χ3n) is 6.53. The molecular weight excluding hydrogens is 548 g/mol. The molecule has 5 rings (SSSR count). The molecule has 0 radical (unpaired) electrons. The molecule has 13 nitrogen and oxygen atoms in total. The van der Waals surface area contributed by atoms with Crippen LogP contribution in [0.15, 0.2) is 97.2 Å². The molecule has 0 fully saturated rings. The van der Waals surface area contributed by atoms with E-state index in [9.17, 15) is 44.7 Å². The second-order valence-electron chi connectivity index (χ2n) is 8.95. The lowest BCUT2D eigenvalue weighted by atomic mass is 9.92. The Hall–Kier alpha value is -6.37. The summed E-state index contributed by atoms with van der Waals surface area (Å²) in [4.78, 5) is 73.3. The minimum absolute atomic E-state index is 0.00374. The first-order chi connectivity index (χ1) is 20.1. The Labute approximate surface area is 234 Å². The topological polar surface area (TPSA) is 185 Å². The summed E-state index contributed by atoms with van der Waals surface area (Å²) in [6, 6.07) is 18.7. The minimum Gasteiger partial charge on any atom is -0.312 e. The van der Waals surface area contributed by atoms with E-state index in [1.54, 1.807) is 12.1 Å². The van der Waals surface area contributed by atoms with Gasteiger partial charge in [-0.1, -0.05) is 6.07 Å². The smallest absolute Gasteiger partial charge is 0.269 e. The number of hydrogen-bond donors (Lipinski definition) is 0. The van der Waals surface area contributed by atoms with E-state index in [-0.39, 0.29) is 56.1 Å². The Morgan fingerprint density at radius 1 is 0.500 bits per heavy atom. The number of nitro groups is 3. The van der Waals surface area contributed by atoms with Crippen LogP contribution in [0, 0.1) is 30.3 Å². The number of carbonyl (C=O) groups is 3. The number of ketones is 3. The summed E-state index contributed by atoms with van der Waals surface area (Å²) >= 11 is 0. The van der Waals surface area contributed by atoms with Crippen molar-refractivity contribution in [2.45, 2.75) is 0 Å². The van der Waals surface area contributed by atoms with E-state index in [2.05, 4.69) is 0 Å². The maximum absolute atomic E-state index is 14.0. The summed E-state index contributed by atoms with van der Waals surface area (Å²) in [5.41, 5.74) is -1.36. The number of hydrogen-bond acceptors (Lipinski definition) is 9. The van der Waals surface area contributed by atoms with Gasteiger partial charge in [-0.05, 0) is 48.5 Å². The monoisotopic (exact) mass is 564 g/mol. The lowest BCUT2D eigenvalue weighted by Gasteiger charge is -2.08. The zero-order valence-corrected chi connectivity index (χ0v) is 21.2. The van der Waals surface area contributed by atoms with Gasteiger partial charge in [0.1, 0.15) is 5.69 Å². The molecule has 0 bridgehead atoms. The van der Waals surface area contributed by atoms with Crippen LogP contribution in [0.2, 0.25) is 0 Å². The Balaban J connectivity index is 1.76. The Kier molecular flexibility index (Phi) is 6.90. The first kappa shape index (κ1) is 27.2. The molecule has 0 saturated heterocycles. The third-order valence-corrected chi connectivity index (χ3v) is 6.53. The van der Waals surface area contributed by atoms with Crippen molar-refractivity contribution in [2.24, 2.45) is 0 Å². The van der Waals surface area contributed by atoms with Crippen molar-refractivity contribution >= 4 is 39.9 Å². The largest absolute Gasteiger partial charge is 0.312 e. The average Bonchev–Trinajstić information content (AvgIpc) is 3.35. The van der Waals surface area contributed by atoms with Crippen LogP contribution in [0.3, 0.4) is 0 Å². The van der Waals surface area contributed by atoms with Crippen LogP contribution < -0.4 is 0 Å². The van der Waals surface area contributed by atoms with Crippen molar-refractivity contribution in [1.29, 1.82) is 0 Å². The van der Waals surface area contributed by atoms with Crippen molar-refractivity contribution < 1.29 is 29.2 Å². The average molecular weight is 564 g/mol. The summed E-state index contributed by atoms with van der Waals surface area (Å²) < 4.78 is 1.35. The molecule has 2 heterocycles. The van der Waals surface area contributed by atoms with E-state index in [0.717, 1.165) is 36.4 Å². The normalized spacial score (nSPS) is 10.8. The molecule has 0 unspecified atom stereocenters. The van der Waals surface area contributed by atoms with Crippen molar-refractivity contribution in [3.8, 4) is 0 Å². The molecule has 0 atom stereocenters. The number of pyridine rings is 1. The molecule has 0 amide bonds. The number of aromatic nitrogens is 1. The van der Waals surface area contributed by atoms with Gasteiger partial charge in [0.2, 0.25) is 5.78 Å². The maximum atomic E-state index is 14.0. The van der Waals surface area contributed by atoms with E-state index in [4.69, 9.17) is 0 Å². The van der Waals surface area contributed by atoms with Gasteiger partial charge in [-0.3, -0.25) is 44.7 Å².